The minimum atomic E-state index is -0.101. The van der Waals surface area contributed by atoms with Crippen LogP contribution in [0, 0.1) is 0 Å². The summed E-state index contributed by atoms with van der Waals surface area (Å²) in [6.45, 7) is 5.52. The highest BCUT2D eigenvalue weighted by atomic mass is 16.5. The van der Waals surface area contributed by atoms with E-state index < -0.39 is 0 Å². The van der Waals surface area contributed by atoms with Crippen LogP contribution in [0.4, 0.5) is 5.69 Å². The quantitative estimate of drug-likeness (QED) is 0.784. The van der Waals surface area contributed by atoms with Crippen molar-refractivity contribution in [3.05, 3.63) is 47.3 Å². The zero-order valence-corrected chi connectivity index (χ0v) is 15.0. The Labute approximate surface area is 148 Å². The summed E-state index contributed by atoms with van der Waals surface area (Å²) < 4.78 is 7.44. The number of rotatable bonds is 7. The van der Waals surface area contributed by atoms with Gasteiger partial charge >= 0.3 is 0 Å². The van der Waals surface area contributed by atoms with Gasteiger partial charge in [0.2, 0.25) is 0 Å². The molecule has 1 aliphatic heterocycles. The van der Waals surface area contributed by atoms with Crippen LogP contribution in [-0.4, -0.2) is 42.4 Å². The fourth-order valence-corrected chi connectivity index (χ4v) is 3.17. The van der Waals surface area contributed by atoms with E-state index in [4.69, 9.17) is 4.74 Å². The molecule has 2 heterocycles. The average molecular weight is 342 g/mol. The SMILES string of the molecule is CCn1nc(C(=O)NCCCN(C)c2ccccc2)c2c1CCOC2. The number of nitrogens with zero attached hydrogens (tertiary/aromatic N) is 3. The summed E-state index contributed by atoms with van der Waals surface area (Å²) >= 11 is 0. The monoisotopic (exact) mass is 342 g/mol. The third kappa shape index (κ3) is 4.02. The highest BCUT2D eigenvalue weighted by Gasteiger charge is 2.24. The van der Waals surface area contributed by atoms with Gasteiger partial charge in [-0.1, -0.05) is 18.2 Å². The van der Waals surface area contributed by atoms with Gasteiger partial charge in [-0.05, 0) is 25.5 Å². The van der Waals surface area contributed by atoms with Gasteiger partial charge in [-0.3, -0.25) is 9.48 Å². The third-order valence-electron chi connectivity index (χ3n) is 4.56. The van der Waals surface area contributed by atoms with Crippen molar-refractivity contribution in [3.8, 4) is 0 Å². The van der Waals surface area contributed by atoms with Crippen molar-refractivity contribution in [3.63, 3.8) is 0 Å². The van der Waals surface area contributed by atoms with E-state index >= 15 is 0 Å². The van der Waals surface area contributed by atoms with Gasteiger partial charge in [0.25, 0.3) is 5.91 Å². The van der Waals surface area contributed by atoms with E-state index in [9.17, 15) is 4.79 Å². The summed E-state index contributed by atoms with van der Waals surface area (Å²) in [5, 5.41) is 7.48. The molecule has 6 nitrogen and oxygen atoms in total. The molecule has 134 valence electrons. The van der Waals surface area contributed by atoms with E-state index in [1.54, 1.807) is 0 Å². The van der Waals surface area contributed by atoms with E-state index in [1.165, 1.54) is 5.69 Å². The molecule has 0 unspecified atom stereocenters. The third-order valence-corrected chi connectivity index (χ3v) is 4.56. The molecule has 0 aliphatic carbocycles. The van der Waals surface area contributed by atoms with Crippen LogP contribution in [0.3, 0.4) is 0 Å². The first-order chi connectivity index (χ1) is 12.2. The van der Waals surface area contributed by atoms with Crippen LogP contribution in [0.2, 0.25) is 0 Å². The molecule has 6 heteroatoms. The van der Waals surface area contributed by atoms with Gasteiger partial charge in [0.05, 0.1) is 13.2 Å². The summed E-state index contributed by atoms with van der Waals surface area (Å²) in [5.74, 6) is -0.101. The van der Waals surface area contributed by atoms with Crippen LogP contribution in [0.15, 0.2) is 30.3 Å². The molecule has 0 fully saturated rings. The Hall–Kier alpha value is -2.34. The molecule has 1 aromatic heterocycles. The maximum atomic E-state index is 12.5. The summed E-state index contributed by atoms with van der Waals surface area (Å²) in [6, 6.07) is 10.2. The highest BCUT2D eigenvalue weighted by Crippen LogP contribution is 2.21. The number of ether oxygens (including phenoxy) is 1. The minimum Gasteiger partial charge on any atom is -0.376 e. The number of nitrogens with one attached hydrogen (secondary N) is 1. The lowest BCUT2D eigenvalue weighted by atomic mass is 10.1. The van der Waals surface area contributed by atoms with Crippen LogP contribution in [0.5, 0.6) is 0 Å². The number of para-hydroxylation sites is 1. The van der Waals surface area contributed by atoms with E-state index in [0.717, 1.165) is 37.2 Å². The molecule has 0 bridgehead atoms. The van der Waals surface area contributed by atoms with Crippen molar-refractivity contribution in [2.45, 2.75) is 32.9 Å². The number of hydrogen-bond acceptors (Lipinski definition) is 4. The van der Waals surface area contributed by atoms with Crippen molar-refractivity contribution in [2.75, 3.05) is 31.6 Å². The Kier molecular flexibility index (Phi) is 5.71. The molecule has 1 aliphatic rings. The van der Waals surface area contributed by atoms with E-state index in [-0.39, 0.29) is 5.91 Å². The van der Waals surface area contributed by atoms with E-state index in [2.05, 4.69) is 34.5 Å². The Balaban J connectivity index is 1.52. The van der Waals surface area contributed by atoms with Gasteiger partial charge in [0.1, 0.15) is 0 Å². The first kappa shape index (κ1) is 17.5. The lowest BCUT2D eigenvalue weighted by molar-refractivity contribution is 0.0925. The van der Waals surface area contributed by atoms with Gasteiger partial charge in [0.15, 0.2) is 5.69 Å². The smallest absolute Gasteiger partial charge is 0.272 e. The molecule has 0 radical (unpaired) electrons. The number of amides is 1. The number of carbonyl (C=O) groups is 1. The molecular weight excluding hydrogens is 316 g/mol. The fourth-order valence-electron chi connectivity index (χ4n) is 3.17. The van der Waals surface area contributed by atoms with E-state index in [0.29, 0.717) is 25.5 Å². The number of benzene rings is 1. The number of aryl methyl sites for hydroxylation is 1. The maximum absolute atomic E-state index is 12.5. The summed E-state index contributed by atoms with van der Waals surface area (Å²) in [6.07, 6.45) is 1.70. The van der Waals surface area contributed by atoms with Gasteiger partial charge in [-0.25, -0.2) is 0 Å². The van der Waals surface area contributed by atoms with Gasteiger partial charge in [0, 0.05) is 50.0 Å². The standard InChI is InChI=1S/C19H26N4O2/c1-3-23-17-10-13-25-14-16(17)18(21-23)19(24)20-11-7-12-22(2)15-8-5-4-6-9-15/h4-6,8-9H,3,7,10-14H2,1-2H3,(H,20,24). The topological polar surface area (TPSA) is 59.4 Å². The van der Waals surface area contributed by atoms with Crippen LogP contribution in [-0.2, 0) is 24.3 Å². The predicted octanol–water partition coefficient (Wildman–Crippen LogP) is 2.23. The summed E-state index contributed by atoms with van der Waals surface area (Å²) in [4.78, 5) is 14.7. The summed E-state index contributed by atoms with van der Waals surface area (Å²) in [7, 11) is 2.06. The summed E-state index contributed by atoms with van der Waals surface area (Å²) in [5.41, 5.74) is 3.80. The second kappa shape index (κ2) is 8.16. The Bertz CT molecular complexity index is 712. The average Bonchev–Trinajstić information content (AvgIpc) is 3.04. The highest BCUT2D eigenvalue weighted by molar-refractivity contribution is 5.94. The number of fused-ring (bicyclic) bond motifs is 1. The van der Waals surface area contributed by atoms with Crippen molar-refractivity contribution in [2.24, 2.45) is 0 Å². The van der Waals surface area contributed by atoms with Crippen molar-refractivity contribution >= 4 is 11.6 Å². The first-order valence-electron chi connectivity index (χ1n) is 8.91. The molecule has 3 rings (SSSR count). The van der Waals surface area contributed by atoms with Gasteiger partial charge in [-0.15, -0.1) is 0 Å². The molecule has 1 N–H and O–H groups in total. The molecule has 1 amide bonds. The van der Waals surface area contributed by atoms with Crippen molar-refractivity contribution in [1.29, 1.82) is 0 Å². The Morgan fingerprint density at radius 1 is 1.36 bits per heavy atom. The Morgan fingerprint density at radius 2 is 2.16 bits per heavy atom. The molecule has 0 saturated heterocycles. The molecule has 2 aromatic rings. The molecule has 0 spiro atoms. The maximum Gasteiger partial charge on any atom is 0.272 e. The second-order valence-corrected chi connectivity index (χ2v) is 6.26. The van der Waals surface area contributed by atoms with Crippen LogP contribution < -0.4 is 10.2 Å². The normalized spacial score (nSPS) is 13.4. The van der Waals surface area contributed by atoms with Gasteiger partial charge < -0.3 is 15.0 Å². The molecule has 0 atom stereocenters. The predicted molar refractivity (Wildman–Crippen MR) is 97.9 cm³/mol. The molecule has 1 aromatic carbocycles. The fraction of sp³-hybridized carbons (Fsp3) is 0.474. The molecular formula is C19H26N4O2. The van der Waals surface area contributed by atoms with Crippen LogP contribution >= 0.6 is 0 Å². The minimum absolute atomic E-state index is 0.101. The second-order valence-electron chi connectivity index (χ2n) is 6.26. The number of carbonyl (C=O) groups excluding carboxylic acids is 1. The Morgan fingerprint density at radius 3 is 2.92 bits per heavy atom. The molecule has 0 saturated carbocycles. The zero-order chi connectivity index (χ0) is 17.6. The molecule has 25 heavy (non-hydrogen) atoms. The number of anilines is 1. The zero-order valence-electron chi connectivity index (χ0n) is 15.0. The number of aromatic nitrogens is 2. The van der Waals surface area contributed by atoms with E-state index in [1.807, 2.05) is 29.8 Å². The van der Waals surface area contributed by atoms with Crippen LogP contribution in [0.1, 0.15) is 35.1 Å². The first-order valence-corrected chi connectivity index (χ1v) is 8.91. The van der Waals surface area contributed by atoms with Crippen molar-refractivity contribution in [1.82, 2.24) is 15.1 Å². The van der Waals surface area contributed by atoms with Crippen molar-refractivity contribution < 1.29 is 9.53 Å². The lowest BCUT2D eigenvalue weighted by Crippen LogP contribution is -2.29. The van der Waals surface area contributed by atoms with Gasteiger partial charge in [-0.2, -0.15) is 5.10 Å². The van der Waals surface area contributed by atoms with Crippen LogP contribution in [0.25, 0.3) is 0 Å². The lowest BCUT2D eigenvalue weighted by Gasteiger charge is -2.19. The number of hydrogen-bond donors (Lipinski definition) is 1. The largest absolute Gasteiger partial charge is 0.376 e.